The Morgan fingerprint density at radius 3 is 2.94 bits per heavy atom. The van der Waals surface area contributed by atoms with E-state index >= 15 is 0 Å². The van der Waals surface area contributed by atoms with Crippen LogP contribution in [-0.2, 0) is 6.54 Å². The average molecular weight is 244 g/mol. The van der Waals surface area contributed by atoms with Crippen LogP contribution in [0.5, 0.6) is 5.75 Å². The van der Waals surface area contributed by atoms with E-state index in [0.29, 0.717) is 12.3 Å². The van der Waals surface area contributed by atoms with E-state index in [1.165, 1.54) is 4.57 Å². The lowest BCUT2D eigenvalue weighted by molar-refractivity contribution is 0.414. The summed E-state index contributed by atoms with van der Waals surface area (Å²) in [7, 11) is 1.57. The minimum Gasteiger partial charge on any atom is -0.497 e. The molecule has 0 aliphatic rings. The molecule has 2 rings (SSSR count). The smallest absolute Gasteiger partial charge is 0.328 e. The van der Waals surface area contributed by atoms with Gasteiger partial charge in [0, 0.05) is 0 Å². The summed E-state index contributed by atoms with van der Waals surface area (Å²) in [5.41, 5.74) is 6.27. The number of nitrogens with two attached hydrogens (primary N) is 1. The van der Waals surface area contributed by atoms with Gasteiger partial charge in [-0.25, -0.2) is 4.79 Å². The maximum absolute atomic E-state index is 11.6. The van der Waals surface area contributed by atoms with Gasteiger partial charge in [0.1, 0.15) is 17.6 Å². The number of nitriles is 1. The fourth-order valence-electron chi connectivity index (χ4n) is 1.68. The molecule has 0 saturated heterocycles. The summed E-state index contributed by atoms with van der Waals surface area (Å²) in [6, 6.07) is 9.14. The van der Waals surface area contributed by atoms with E-state index in [1.807, 2.05) is 30.3 Å². The Morgan fingerprint density at radius 1 is 1.56 bits per heavy atom. The molecule has 6 heteroatoms. The Bertz CT molecular complexity index is 663. The second kappa shape index (κ2) is 4.67. The zero-order valence-electron chi connectivity index (χ0n) is 9.80. The van der Waals surface area contributed by atoms with E-state index in [4.69, 9.17) is 15.7 Å². The van der Waals surface area contributed by atoms with Crippen molar-refractivity contribution in [2.24, 2.45) is 0 Å². The molecule has 0 saturated carbocycles. The largest absolute Gasteiger partial charge is 0.497 e. The van der Waals surface area contributed by atoms with Crippen molar-refractivity contribution in [2.75, 3.05) is 12.8 Å². The predicted molar refractivity (Wildman–Crippen MR) is 66.3 cm³/mol. The number of aromatic nitrogens is 2. The van der Waals surface area contributed by atoms with Crippen LogP contribution in [0.1, 0.15) is 11.3 Å². The van der Waals surface area contributed by atoms with Gasteiger partial charge in [0.15, 0.2) is 5.69 Å². The minimum atomic E-state index is -0.396. The molecule has 0 atom stereocenters. The van der Waals surface area contributed by atoms with Gasteiger partial charge in [-0.3, -0.25) is 9.55 Å². The summed E-state index contributed by atoms with van der Waals surface area (Å²) in [5.74, 6) is 0.848. The Hall–Kier alpha value is -2.68. The molecule has 0 aliphatic carbocycles. The number of ether oxygens (including phenoxy) is 1. The molecule has 18 heavy (non-hydrogen) atoms. The van der Waals surface area contributed by atoms with E-state index in [0.717, 1.165) is 5.56 Å². The molecule has 0 fully saturated rings. The first-order chi connectivity index (χ1) is 8.65. The lowest BCUT2D eigenvalue weighted by Crippen LogP contribution is -2.19. The van der Waals surface area contributed by atoms with Crippen LogP contribution < -0.4 is 16.2 Å². The highest BCUT2D eigenvalue weighted by atomic mass is 16.5. The van der Waals surface area contributed by atoms with Crippen molar-refractivity contribution in [2.45, 2.75) is 6.54 Å². The van der Waals surface area contributed by atoms with Crippen LogP contribution in [0.3, 0.4) is 0 Å². The molecule has 0 spiro atoms. The third kappa shape index (κ3) is 2.06. The molecular weight excluding hydrogens is 232 g/mol. The number of nitrogens with one attached hydrogen (secondary N) is 1. The summed E-state index contributed by atoms with van der Waals surface area (Å²) in [4.78, 5) is 14.0. The van der Waals surface area contributed by atoms with Gasteiger partial charge in [-0.15, -0.1) is 0 Å². The number of aromatic amines is 1. The topological polar surface area (TPSA) is 96.8 Å². The molecule has 6 nitrogen and oxygen atoms in total. The van der Waals surface area contributed by atoms with Crippen LogP contribution in [0, 0.1) is 11.3 Å². The molecule has 2 aromatic rings. The predicted octanol–water partition coefficient (Wildman–Crippen LogP) is 0.687. The highest BCUT2D eigenvalue weighted by Gasteiger charge is 2.10. The van der Waals surface area contributed by atoms with E-state index in [9.17, 15) is 4.79 Å². The molecule has 0 amide bonds. The minimum absolute atomic E-state index is 0.0860. The number of hydrogen-bond donors (Lipinski definition) is 2. The normalized spacial score (nSPS) is 10.0. The maximum Gasteiger partial charge on any atom is 0.328 e. The Morgan fingerprint density at radius 2 is 2.33 bits per heavy atom. The zero-order valence-corrected chi connectivity index (χ0v) is 9.80. The van der Waals surface area contributed by atoms with E-state index in [1.54, 1.807) is 7.11 Å². The fourth-order valence-corrected chi connectivity index (χ4v) is 1.68. The van der Waals surface area contributed by atoms with Crippen molar-refractivity contribution in [1.29, 1.82) is 5.26 Å². The lowest BCUT2D eigenvalue weighted by Gasteiger charge is -2.06. The third-order valence-corrected chi connectivity index (χ3v) is 2.61. The van der Waals surface area contributed by atoms with E-state index in [-0.39, 0.29) is 11.5 Å². The van der Waals surface area contributed by atoms with Crippen LogP contribution in [0.4, 0.5) is 5.82 Å². The van der Waals surface area contributed by atoms with Crippen LogP contribution in [0.25, 0.3) is 0 Å². The second-order valence-corrected chi connectivity index (χ2v) is 3.74. The summed E-state index contributed by atoms with van der Waals surface area (Å²) >= 11 is 0. The van der Waals surface area contributed by atoms with Crippen molar-refractivity contribution < 1.29 is 4.74 Å². The van der Waals surface area contributed by atoms with Gasteiger partial charge in [0.2, 0.25) is 0 Å². The Labute approximate surface area is 103 Å². The summed E-state index contributed by atoms with van der Waals surface area (Å²) in [6.07, 6.45) is 0. The summed E-state index contributed by atoms with van der Waals surface area (Å²) in [5, 5.41) is 8.77. The molecule has 0 unspecified atom stereocenters. The van der Waals surface area contributed by atoms with Crippen molar-refractivity contribution in [1.82, 2.24) is 9.55 Å². The lowest BCUT2D eigenvalue weighted by atomic mass is 10.2. The number of benzene rings is 1. The fraction of sp³-hybridized carbons (Fsp3) is 0.167. The quantitative estimate of drug-likeness (QED) is 0.829. The molecule has 1 aromatic heterocycles. The molecular formula is C12H12N4O2. The zero-order chi connectivity index (χ0) is 13.1. The van der Waals surface area contributed by atoms with E-state index < -0.39 is 5.69 Å². The van der Waals surface area contributed by atoms with Gasteiger partial charge in [-0.05, 0) is 17.7 Å². The monoisotopic (exact) mass is 244 g/mol. The number of nitrogen functional groups attached to an aromatic ring is 1. The first kappa shape index (κ1) is 11.8. The first-order valence-electron chi connectivity index (χ1n) is 5.27. The molecule has 1 aromatic carbocycles. The van der Waals surface area contributed by atoms with Gasteiger partial charge in [0.05, 0.1) is 13.7 Å². The van der Waals surface area contributed by atoms with E-state index in [2.05, 4.69) is 4.98 Å². The molecule has 1 heterocycles. The van der Waals surface area contributed by atoms with Crippen molar-refractivity contribution >= 4 is 5.82 Å². The van der Waals surface area contributed by atoms with Gasteiger partial charge >= 0.3 is 5.69 Å². The van der Waals surface area contributed by atoms with Crippen LogP contribution in [0.2, 0.25) is 0 Å². The number of hydrogen-bond acceptors (Lipinski definition) is 4. The number of imidazole rings is 1. The van der Waals surface area contributed by atoms with Gasteiger partial charge < -0.3 is 10.5 Å². The van der Waals surface area contributed by atoms with Crippen molar-refractivity contribution in [3.05, 3.63) is 46.0 Å². The number of methoxy groups -OCH3 is 1. The number of nitrogens with zero attached hydrogens (tertiary/aromatic N) is 2. The SMILES string of the molecule is COc1cccc(Cn2c(N)c(C#N)[nH]c2=O)c1. The second-order valence-electron chi connectivity index (χ2n) is 3.74. The number of H-pyrrole nitrogens is 1. The third-order valence-electron chi connectivity index (χ3n) is 2.61. The molecule has 0 radical (unpaired) electrons. The molecule has 3 N–H and O–H groups in total. The summed E-state index contributed by atoms with van der Waals surface area (Å²) < 4.78 is 6.41. The van der Waals surface area contributed by atoms with Gasteiger partial charge in [-0.1, -0.05) is 12.1 Å². The van der Waals surface area contributed by atoms with Crippen LogP contribution >= 0.6 is 0 Å². The van der Waals surface area contributed by atoms with Gasteiger partial charge in [-0.2, -0.15) is 5.26 Å². The highest BCUT2D eigenvalue weighted by molar-refractivity contribution is 5.45. The highest BCUT2D eigenvalue weighted by Crippen LogP contribution is 2.15. The Kier molecular flexibility index (Phi) is 3.06. The molecule has 0 bridgehead atoms. The van der Waals surface area contributed by atoms with Gasteiger partial charge in [0.25, 0.3) is 0 Å². The number of rotatable bonds is 3. The standard InChI is InChI=1S/C12H12N4O2/c1-18-9-4-2-3-8(5-9)7-16-11(14)10(6-13)15-12(16)17/h2-5H,7,14H2,1H3,(H,15,17). The first-order valence-corrected chi connectivity index (χ1v) is 5.27. The maximum atomic E-state index is 11.6. The van der Waals surface area contributed by atoms with Crippen LogP contribution in [0.15, 0.2) is 29.1 Å². The Balaban J connectivity index is 2.37. The molecule has 92 valence electrons. The average Bonchev–Trinajstić information content (AvgIpc) is 2.66. The molecule has 0 aliphatic heterocycles. The number of anilines is 1. The van der Waals surface area contributed by atoms with Crippen LogP contribution in [-0.4, -0.2) is 16.7 Å². The van der Waals surface area contributed by atoms with Crippen molar-refractivity contribution in [3.63, 3.8) is 0 Å². The summed E-state index contributed by atoms with van der Waals surface area (Å²) in [6.45, 7) is 0.292. The van der Waals surface area contributed by atoms with Crippen molar-refractivity contribution in [3.8, 4) is 11.8 Å².